The molecule has 2 saturated heterocycles. The van der Waals surface area contributed by atoms with E-state index < -0.39 is 11.7 Å². The number of ether oxygens (including phenoxy) is 1. The van der Waals surface area contributed by atoms with E-state index in [4.69, 9.17) is 4.74 Å². The molecule has 1 amide bonds. The van der Waals surface area contributed by atoms with E-state index in [1.54, 1.807) is 12.4 Å². The molecule has 34 heavy (non-hydrogen) atoms. The van der Waals surface area contributed by atoms with Crippen molar-refractivity contribution in [1.82, 2.24) is 24.9 Å². The number of halogens is 3. The highest BCUT2D eigenvalue weighted by molar-refractivity contribution is 5.98. The number of rotatable bonds is 5. The average molecular weight is 471 g/mol. The number of pyridine rings is 1. The molecule has 2 aliphatic heterocycles. The van der Waals surface area contributed by atoms with Crippen molar-refractivity contribution in [3.63, 3.8) is 0 Å². The van der Waals surface area contributed by atoms with Crippen molar-refractivity contribution in [3.8, 4) is 11.6 Å². The first kappa shape index (κ1) is 22.4. The predicted octanol–water partition coefficient (Wildman–Crippen LogP) is 4.31. The number of hydrogen-bond donors (Lipinski definition) is 0. The second-order valence-corrected chi connectivity index (χ2v) is 8.98. The Balaban J connectivity index is 1.26. The largest absolute Gasteiger partial charge is 0.477 e. The highest BCUT2D eigenvalue weighted by Crippen LogP contribution is 2.40. The number of nitrogens with zero attached hydrogens (tertiary/aromatic N) is 5. The summed E-state index contributed by atoms with van der Waals surface area (Å²) in [5, 5.41) is 8.37. The van der Waals surface area contributed by atoms with Gasteiger partial charge in [0.1, 0.15) is 0 Å². The fourth-order valence-corrected chi connectivity index (χ4v) is 5.00. The number of carbonyl (C=O) groups is 1. The van der Waals surface area contributed by atoms with Crippen LogP contribution in [0.1, 0.15) is 40.7 Å². The summed E-state index contributed by atoms with van der Waals surface area (Å²) >= 11 is 0. The van der Waals surface area contributed by atoms with Gasteiger partial charge in [-0.1, -0.05) is 11.6 Å². The summed E-state index contributed by atoms with van der Waals surface area (Å²) < 4.78 is 43.9. The van der Waals surface area contributed by atoms with Gasteiger partial charge in [0.15, 0.2) is 0 Å². The van der Waals surface area contributed by atoms with Gasteiger partial charge in [-0.2, -0.15) is 28.2 Å². The Morgan fingerprint density at radius 1 is 1.15 bits per heavy atom. The van der Waals surface area contributed by atoms with Crippen LogP contribution in [0, 0.1) is 18.8 Å². The molecule has 10 heteroatoms. The second-order valence-electron chi connectivity index (χ2n) is 8.98. The Morgan fingerprint density at radius 2 is 1.94 bits per heavy atom. The molecular weight excluding hydrogens is 447 g/mol. The monoisotopic (exact) mass is 471 g/mol. The van der Waals surface area contributed by atoms with E-state index in [9.17, 15) is 18.0 Å². The van der Waals surface area contributed by atoms with Crippen LogP contribution in [0.15, 0.2) is 48.9 Å². The topological polar surface area (TPSA) is 73.1 Å². The van der Waals surface area contributed by atoms with Crippen LogP contribution < -0.4 is 4.74 Å². The van der Waals surface area contributed by atoms with Gasteiger partial charge >= 0.3 is 6.18 Å². The second kappa shape index (κ2) is 8.73. The standard InChI is InChI=1S/C24H24F3N5O2/c1-15-2-6-21(32-29-8-9-30-32)20(10-15)23(33)31-13-16-3-5-19(31)11-17(16)14-34-22-7-4-18(12-28-22)24(25,26)27/h2,4,6-10,12,16-17,19H,3,5,11,13-14H2,1H3. The molecule has 3 unspecified atom stereocenters. The van der Waals surface area contributed by atoms with Crippen molar-refractivity contribution in [2.75, 3.05) is 13.2 Å². The Morgan fingerprint density at radius 3 is 2.59 bits per heavy atom. The lowest BCUT2D eigenvalue weighted by Crippen LogP contribution is -2.55. The lowest BCUT2D eigenvalue weighted by Gasteiger charge is -2.49. The van der Waals surface area contributed by atoms with E-state index >= 15 is 0 Å². The van der Waals surface area contributed by atoms with Gasteiger partial charge in [-0.25, -0.2) is 4.98 Å². The van der Waals surface area contributed by atoms with Gasteiger partial charge in [0.2, 0.25) is 5.88 Å². The van der Waals surface area contributed by atoms with E-state index in [1.165, 1.54) is 10.9 Å². The minimum atomic E-state index is -4.42. The number of aromatic nitrogens is 4. The van der Waals surface area contributed by atoms with E-state index in [-0.39, 0.29) is 29.7 Å². The number of hydrogen-bond acceptors (Lipinski definition) is 5. The van der Waals surface area contributed by atoms with Crippen LogP contribution in [0.5, 0.6) is 5.88 Å². The number of aryl methyl sites for hydroxylation is 1. The first-order chi connectivity index (χ1) is 16.3. The number of amides is 1. The molecule has 6 rings (SSSR count). The highest BCUT2D eigenvalue weighted by Gasteiger charge is 2.43. The van der Waals surface area contributed by atoms with E-state index in [0.717, 1.165) is 37.1 Å². The van der Waals surface area contributed by atoms with Crippen molar-refractivity contribution in [1.29, 1.82) is 0 Å². The summed E-state index contributed by atoms with van der Waals surface area (Å²) in [6.07, 6.45) is 2.22. The molecule has 2 aromatic heterocycles. The molecule has 7 nitrogen and oxygen atoms in total. The molecular formula is C24H24F3N5O2. The maximum Gasteiger partial charge on any atom is 0.417 e. The fraction of sp³-hybridized carbons (Fsp3) is 0.417. The molecule has 3 fully saturated rings. The van der Waals surface area contributed by atoms with Crippen LogP contribution in [0.2, 0.25) is 0 Å². The molecule has 0 spiro atoms. The van der Waals surface area contributed by atoms with Gasteiger partial charge in [-0.15, -0.1) is 0 Å². The van der Waals surface area contributed by atoms with Gasteiger partial charge in [-0.3, -0.25) is 4.79 Å². The van der Waals surface area contributed by atoms with Crippen molar-refractivity contribution >= 4 is 5.91 Å². The van der Waals surface area contributed by atoms with Crippen LogP contribution in [0.25, 0.3) is 5.69 Å². The van der Waals surface area contributed by atoms with Gasteiger partial charge in [0.25, 0.3) is 5.91 Å². The van der Waals surface area contributed by atoms with Crippen molar-refractivity contribution in [3.05, 3.63) is 65.6 Å². The third-order valence-corrected chi connectivity index (χ3v) is 6.77. The van der Waals surface area contributed by atoms with Gasteiger partial charge in [0, 0.05) is 24.8 Å². The van der Waals surface area contributed by atoms with Crippen LogP contribution in [0.4, 0.5) is 13.2 Å². The quantitative estimate of drug-likeness (QED) is 0.555. The average Bonchev–Trinajstić information content (AvgIpc) is 3.37. The third kappa shape index (κ3) is 4.36. The lowest BCUT2D eigenvalue weighted by molar-refractivity contribution is -0.137. The number of carbonyl (C=O) groups excluding carboxylic acids is 1. The molecule has 3 aromatic rings. The molecule has 3 atom stereocenters. The summed E-state index contributed by atoms with van der Waals surface area (Å²) in [5.74, 6) is 0.629. The highest BCUT2D eigenvalue weighted by atomic mass is 19.4. The van der Waals surface area contributed by atoms with Gasteiger partial charge < -0.3 is 9.64 Å². The number of benzene rings is 1. The number of fused-ring (bicyclic) bond motifs is 3. The lowest BCUT2D eigenvalue weighted by atomic mass is 9.72. The summed E-state index contributed by atoms with van der Waals surface area (Å²) in [7, 11) is 0. The zero-order valence-corrected chi connectivity index (χ0v) is 18.6. The minimum absolute atomic E-state index is 0.0329. The molecule has 178 valence electrons. The third-order valence-electron chi connectivity index (χ3n) is 6.77. The Labute approximate surface area is 194 Å². The van der Waals surface area contributed by atoms with Crippen molar-refractivity contribution < 1.29 is 22.7 Å². The van der Waals surface area contributed by atoms with E-state index in [0.29, 0.717) is 24.4 Å². The number of alkyl halides is 3. The molecule has 2 bridgehead atoms. The Hall–Kier alpha value is -3.43. The zero-order chi connectivity index (χ0) is 23.9. The van der Waals surface area contributed by atoms with E-state index in [2.05, 4.69) is 15.2 Å². The molecule has 0 N–H and O–H groups in total. The number of piperidine rings is 2. The molecule has 0 radical (unpaired) electrons. The first-order valence-electron chi connectivity index (χ1n) is 11.2. The van der Waals surface area contributed by atoms with Crippen LogP contribution in [-0.2, 0) is 6.18 Å². The molecule has 3 aliphatic rings. The fourth-order valence-electron chi connectivity index (χ4n) is 5.00. The van der Waals surface area contributed by atoms with E-state index in [1.807, 2.05) is 30.0 Å². The molecule has 1 saturated carbocycles. The van der Waals surface area contributed by atoms with Crippen LogP contribution in [-0.4, -0.2) is 50.0 Å². The maximum atomic E-state index is 13.6. The van der Waals surface area contributed by atoms with Crippen LogP contribution in [0.3, 0.4) is 0 Å². The first-order valence-corrected chi connectivity index (χ1v) is 11.2. The maximum absolute atomic E-state index is 13.6. The van der Waals surface area contributed by atoms with Gasteiger partial charge in [0.05, 0.1) is 35.8 Å². The SMILES string of the molecule is Cc1ccc(-n2nccn2)c(C(=O)N2CC3CCC2CC3COc2ccc(C(F)(F)F)cn2)c1. The summed E-state index contributed by atoms with van der Waals surface area (Å²) in [6.45, 7) is 2.94. The molecule has 1 aromatic carbocycles. The Bertz CT molecular complexity index is 1160. The smallest absolute Gasteiger partial charge is 0.417 e. The molecule has 4 heterocycles. The predicted molar refractivity (Wildman–Crippen MR) is 116 cm³/mol. The Kier molecular flexibility index (Phi) is 5.75. The van der Waals surface area contributed by atoms with Crippen molar-refractivity contribution in [2.24, 2.45) is 11.8 Å². The molecule has 1 aliphatic carbocycles. The minimum Gasteiger partial charge on any atom is -0.477 e. The van der Waals surface area contributed by atoms with Crippen molar-refractivity contribution in [2.45, 2.75) is 38.4 Å². The summed E-state index contributed by atoms with van der Waals surface area (Å²) in [4.78, 5) is 20.8. The summed E-state index contributed by atoms with van der Waals surface area (Å²) in [6, 6.07) is 7.98. The van der Waals surface area contributed by atoms with Crippen LogP contribution >= 0.6 is 0 Å². The summed E-state index contributed by atoms with van der Waals surface area (Å²) in [5.41, 5.74) is 1.41. The zero-order valence-electron chi connectivity index (χ0n) is 18.6. The van der Waals surface area contributed by atoms with Gasteiger partial charge in [-0.05, 0) is 56.2 Å². The normalized spacial score (nSPS) is 22.1.